The number of hydrogen-bond acceptors (Lipinski definition) is 4. The highest BCUT2D eigenvalue weighted by molar-refractivity contribution is 5.68. The molecule has 2 N–H and O–H groups in total. The van der Waals surface area contributed by atoms with E-state index in [2.05, 4.69) is 38.3 Å². The van der Waals surface area contributed by atoms with E-state index in [4.69, 9.17) is 9.47 Å². The van der Waals surface area contributed by atoms with Crippen LogP contribution in [0, 0.1) is 11.7 Å². The van der Waals surface area contributed by atoms with Gasteiger partial charge in [-0.2, -0.15) is 0 Å². The van der Waals surface area contributed by atoms with Gasteiger partial charge in [0.15, 0.2) is 0 Å². The number of benzene rings is 2. The van der Waals surface area contributed by atoms with E-state index in [0.717, 1.165) is 30.7 Å². The fourth-order valence-corrected chi connectivity index (χ4v) is 4.98. The Kier molecular flexibility index (Phi) is 12.1. The molecular weight excluding hydrogens is 479 g/mol. The van der Waals surface area contributed by atoms with Crippen molar-refractivity contribution in [3.63, 3.8) is 0 Å². The molecule has 0 atom stereocenters. The van der Waals surface area contributed by atoms with Crippen molar-refractivity contribution in [2.24, 2.45) is 5.92 Å². The molecule has 1 fully saturated rings. The van der Waals surface area contributed by atoms with Gasteiger partial charge in [-0.3, -0.25) is 0 Å². The predicted octanol–water partition coefficient (Wildman–Crippen LogP) is 7.76. The van der Waals surface area contributed by atoms with Gasteiger partial charge in [-0.1, -0.05) is 37.4 Å². The average molecular weight is 523 g/mol. The largest absolute Gasteiger partial charge is 0.493 e. The lowest BCUT2D eigenvalue weighted by Gasteiger charge is -2.29. The van der Waals surface area contributed by atoms with Crippen molar-refractivity contribution in [3.8, 4) is 22.6 Å². The number of hydrogen-bond donors (Lipinski definition) is 2. The van der Waals surface area contributed by atoms with Gasteiger partial charge in [-0.15, -0.1) is 0 Å². The van der Waals surface area contributed by atoms with Crippen molar-refractivity contribution in [3.05, 3.63) is 84.2 Å². The van der Waals surface area contributed by atoms with E-state index >= 15 is 4.39 Å². The number of halogens is 1. The molecule has 0 heterocycles. The molecule has 1 saturated carbocycles. The van der Waals surface area contributed by atoms with E-state index in [1.807, 2.05) is 18.2 Å². The minimum atomic E-state index is -0.247. The summed E-state index contributed by atoms with van der Waals surface area (Å²) in [5, 5.41) is 18.4. The molecule has 0 spiro atoms. The van der Waals surface area contributed by atoms with E-state index in [-0.39, 0.29) is 19.0 Å². The Morgan fingerprint density at radius 2 is 1.53 bits per heavy atom. The first-order chi connectivity index (χ1) is 18.4. The lowest BCUT2D eigenvalue weighted by molar-refractivity contribution is 0.285. The fraction of sp³-hybridized carbons (Fsp3) is 0.455. The predicted molar refractivity (Wildman–Crippen MR) is 153 cm³/mol. The van der Waals surface area contributed by atoms with Gasteiger partial charge in [0.2, 0.25) is 0 Å². The zero-order valence-electron chi connectivity index (χ0n) is 22.8. The summed E-state index contributed by atoms with van der Waals surface area (Å²) in [5.74, 6) is 2.05. The van der Waals surface area contributed by atoms with Crippen LogP contribution in [-0.4, -0.2) is 36.6 Å². The summed E-state index contributed by atoms with van der Waals surface area (Å²) < 4.78 is 27.3. The maximum absolute atomic E-state index is 15.5. The first-order valence-corrected chi connectivity index (χ1v) is 13.8. The van der Waals surface area contributed by atoms with Crippen LogP contribution < -0.4 is 9.47 Å². The van der Waals surface area contributed by atoms with Crippen LogP contribution in [0.1, 0.15) is 69.8 Å². The van der Waals surface area contributed by atoms with Crippen LogP contribution in [0.5, 0.6) is 11.5 Å². The van der Waals surface area contributed by atoms with Gasteiger partial charge in [0, 0.05) is 24.5 Å². The molecule has 0 aromatic heterocycles. The van der Waals surface area contributed by atoms with Crippen LogP contribution in [0.2, 0.25) is 0 Å². The molecule has 3 rings (SSSR count). The SMILES string of the molecule is C=C(CO)CCOc1cc(OCCC(=C)CO)cc(-c2ccc(C3CCC(CC/C=C/C)CC3)cc2F)c1. The van der Waals surface area contributed by atoms with Gasteiger partial charge in [0.25, 0.3) is 0 Å². The maximum atomic E-state index is 15.5. The molecule has 0 unspecified atom stereocenters. The number of ether oxygens (including phenoxy) is 2. The van der Waals surface area contributed by atoms with Gasteiger partial charge in [-0.05, 0) is 97.8 Å². The highest BCUT2D eigenvalue weighted by Crippen LogP contribution is 2.39. The summed E-state index contributed by atoms with van der Waals surface area (Å²) in [7, 11) is 0. The van der Waals surface area contributed by atoms with Crippen LogP contribution >= 0.6 is 0 Å². The minimum Gasteiger partial charge on any atom is -0.493 e. The molecule has 0 amide bonds. The molecule has 0 radical (unpaired) electrons. The zero-order valence-corrected chi connectivity index (χ0v) is 22.8. The molecule has 0 aliphatic heterocycles. The van der Waals surface area contributed by atoms with E-state index in [9.17, 15) is 10.2 Å². The molecule has 1 aliphatic rings. The van der Waals surface area contributed by atoms with Gasteiger partial charge < -0.3 is 19.7 Å². The smallest absolute Gasteiger partial charge is 0.131 e. The molecule has 206 valence electrons. The third-order valence-electron chi connectivity index (χ3n) is 7.38. The van der Waals surface area contributed by atoms with E-state index < -0.39 is 0 Å². The van der Waals surface area contributed by atoms with Crippen LogP contribution in [-0.2, 0) is 0 Å². The quantitative estimate of drug-likeness (QED) is 0.235. The number of allylic oxidation sites excluding steroid dienone is 2. The fourth-order valence-electron chi connectivity index (χ4n) is 4.98. The van der Waals surface area contributed by atoms with E-state index in [0.29, 0.717) is 65.7 Å². The highest BCUT2D eigenvalue weighted by Gasteiger charge is 2.23. The molecule has 2 aromatic carbocycles. The number of rotatable bonds is 15. The Hall–Kier alpha value is -2.89. The molecule has 0 bridgehead atoms. The van der Waals surface area contributed by atoms with Gasteiger partial charge in [-0.25, -0.2) is 4.39 Å². The Bertz CT molecular complexity index is 1040. The molecule has 1 aliphatic carbocycles. The summed E-state index contributed by atoms with van der Waals surface area (Å²) >= 11 is 0. The summed E-state index contributed by atoms with van der Waals surface area (Å²) in [5.41, 5.74) is 3.63. The summed E-state index contributed by atoms with van der Waals surface area (Å²) in [6, 6.07) is 11.0. The van der Waals surface area contributed by atoms with Crippen molar-refractivity contribution in [2.45, 2.75) is 64.2 Å². The molecule has 0 saturated heterocycles. The van der Waals surface area contributed by atoms with Gasteiger partial charge >= 0.3 is 0 Å². The van der Waals surface area contributed by atoms with Crippen molar-refractivity contribution < 1.29 is 24.1 Å². The first-order valence-electron chi connectivity index (χ1n) is 13.8. The third-order valence-corrected chi connectivity index (χ3v) is 7.38. The van der Waals surface area contributed by atoms with Crippen molar-refractivity contribution in [1.82, 2.24) is 0 Å². The summed E-state index contributed by atoms with van der Waals surface area (Å²) in [6.07, 6.45) is 12.4. The monoisotopic (exact) mass is 522 g/mol. The second-order valence-corrected chi connectivity index (χ2v) is 10.3. The number of aliphatic hydroxyl groups is 2. The van der Waals surface area contributed by atoms with E-state index in [1.54, 1.807) is 12.1 Å². The average Bonchev–Trinajstić information content (AvgIpc) is 2.93. The summed E-state index contributed by atoms with van der Waals surface area (Å²) in [4.78, 5) is 0. The second-order valence-electron chi connectivity index (χ2n) is 10.3. The van der Waals surface area contributed by atoms with Crippen molar-refractivity contribution >= 4 is 0 Å². The normalized spacial score (nSPS) is 17.5. The van der Waals surface area contributed by atoms with Crippen LogP contribution in [0.3, 0.4) is 0 Å². The maximum Gasteiger partial charge on any atom is 0.131 e. The summed E-state index contributed by atoms with van der Waals surface area (Å²) in [6.45, 7) is 10.2. The van der Waals surface area contributed by atoms with Crippen molar-refractivity contribution in [2.75, 3.05) is 26.4 Å². The first kappa shape index (κ1) is 29.7. The lowest BCUT2D eigenvalue weighted by Crippen LogP contribution is -2.13. The zero-order chi connectivity index (χ0) is 27.3. The van der Waals surface area contributed by atoms with Gasteiger partial charge in [0.05, 0.1) is 26.4 Å². The Morgan fingerprint density at radius 3 is 2.05 bits per heavy atom. The van der Waals surface area contributed by atoms with Crippen LogP contribution in [0.15, 0.2) is 72.9 Å². The molecular formula is C33H43FO4. The Morgan fingerprint density at radius 1 is 0.921 bits per heavy atom. The highest BCUT2D eigenvalue weighted by atomic mass is 19.1. The van der Waals surface area contributed by atoms with E-state index in [1.165, 1.54) is 19.3 Å². The molecule has 4 nitrogen and oxygen atoms in total. The Balaban J connectivity index is 1.73. The molecule has 38 heavy (non-hydrogen) atoms. The van der Waals surface area contributed by atoms with Crippen molar-refractivity contribution in [1.29, 1.82) is 0 Å². The standard InChI is InChI=1S/C33H43FO4/c1-4-5-6-7-26-8-10-27(11-9-26)28-12-13-32(33(34)20-28)29-18-30(37-16-14-24(2)22-35)21-31(19-29)38-17-15-25(3)23-36/h4-5,12-13,18-21,26-27,35-36H,2-3,6-11,14-17,22-23H2,1H3/b5-4+. The van der Waals surface area contributed by atoms with Gasteiger partial charge in [0.1, 0.15) is 17.3 Å². The topological polar surface area (TPSA) is 58.9 Å². The third kappa shape index (κ3) is 9.14. The Labute approximate surface area is 227 Å². The molecule has 5 heteroatoms. The van der Waals surface area contributed by atoms with Crippen LogP contribution in [0.25, 0.3) is 11.1 Å². The second kappa shape index (κ2) is 15.5. The minimum absolute atomic E-state index is 0.0814. The number of aliphatic hydroxyl groups excluding tert-OH is 2. The van der Waals surface area contributed by atoms with Crippen LogP contribution in [0.4, 0.5) is 4.39 Å². The lowest BCUT2D eigenvalue weighted by atomic mass is 9.77. The molecule has 2 aromatic rings.